The lowest BCUT2D eigenvalue weighted by Crippen LogP contribution is -2.47. The molecule has 0 aliphatic carbocycles. The molecule has 0 radical (unpaired) electrons. The van der Waals surface area contributed by atoms with Gasteiger partial charge in [0.25, 0.3) is 5.91 Å². The van der Waals surface area contributed by atoms with E-state index >= 15 is 0 Å². The lowest BCUT2D eigenvalue weighted by Gasteiger charge is -2.24. The zero-order valence-electron chi connectivity index (χ0n) is 52.5. The van der Waals surface area contributed by atoms with E-state index in [2.05, 4.69) is 26.3 Å². The van der Waals surface area contributed by atoms with Gasteiger partial charge in [0, 0.05) is 111 Å². The monoisotopic (exact) mass is 1320 g/mol. The summed E-state index contributed by atoms with van der Waals surface area (Å²) >= 11 is 0. The van der Waals surface area contributed by atoms with Crippen molar-refractivity contribution in [2.24, 2.45) is 29.4 Å². The van der Waals surface area contributed by atoms with E-state index in [0.29, 0.717) is 72.8 Å². The molecule has 11 N–H and O–H groups in total. The lowest BCUT2D eigenvalue weighted by atomic mass is 9.89. The predicted molar refractivity (Wildman–Crippen MR) is 341 cm³/mol. The highest BCUT2D eigenvalue weighted by Crippen LogP contribution is 2.25. The second kappa shape index (κ2) is 37.9. The number of halogens is 1. The Balaban J connectivity index is 1.24. The second-order valence-corrected chi connectivity index (χ2v) is 24.9. The van der Waals surface area contributed by atoms with Crippen molar-refractivity contribution in [3.8, 4) is 5.75 Å². The van der Waals surface area contributed by atoms with Crippen LogP contribution < -0.4 is 36.5 Å². The molecule has 506 valence electrons. The molecular weight excluding hydrogens is 1240 g/mol. The molecule has 5 rings (SSSR count). The molecule has 27 heteroatoms. The van der Waals surface area contributed by atoms with Crippen LogP contribution in [0.25, 0.3) is 10.9 Å². The number of aromatic nitrogens is 1. The molecule has 0 unspecified atom stereocenters. The number of amides is 5. The molecule has 0 fully saturated rings. The molecule has 5 amide bonds. The van der Waals surface area contributed by atoms with Crippen LogP contribution in [-0.2, 0) is 75.6 Å². The molecule has 0 spiro atoms. The van der Waals surface area contributed by atoms with E-state index < -0.39 is 162 Å². The number of nitrogens with one attached hydrogen (secondary N) is 6. The number of carbonyl (C=O) groups excluding carboxylic acids is 9. The van der Waals surface area contributed by atoms with Crippen molar-refractivity contribution in [2.45, 2.75) is 139 Å². The molecule has 6 atom stereocenters. The number of unbranched alkanes of at least 4 members (excludes halogenated alkanes) is 3. The number of hydrogen-bond acceptors (Lipinski definition) is 15. The van der Waals surface area contributed by atoms with Gasteiger partial charge in [0.05, 0.1) is 37.1 Å². The Labute approximate surface area is 543 Å². The van der Waals surface area contributed by atoms with Gasteiger partial charge in [-0.2, -0.15) is 0 Å². The normalized spacial score (nSPS) is 13.2. The molecule has 0 saturated carbocycles. The number of benzene rings is 4. The minimum Gasteiger partial charge on any atom is -0.497 e. The van der Waals surface area contributed by atoms with E-state index in [1.165, 1.54) is 31.4 Å². The second-order valence-electron chi connectivity index (χ2n) is 23.2. The number of para-hydroxylation sites is 1. The van der Waals surface area contributed by atoms with Crippen molar-refractivity contribution in [1.29, 1.82) is 0 Å². The Hall–Kier alpha value is -9.50. The fraction of sp³-hybridized carbons (Fsp3) is 0.433. The number of carboxylic acids is 3. The molecule has 0 bridgehead atoms. The molecular formula is C67H82FN7O18S. The molecule has 0 aliphatic heterocycles. The zero-order valence-corrected chi connectivity index (χ0v) is 53.3. The number of nitrogens with two attached hydrogens (primary N) is 1. The van der Waals surface area contributed by atoms with Crippen LogP contribution in [0.5, 0.6) is 5.75 Å². The topological polar surface area (TPSA) is 411 Å². The van der Waals surface area contributed by atoms with Crippen molar-refractivity contribution in [2.75, 3.05) is 26.7 Å². The smallest absolute Gasteiger partial charge is 0.305 e. The summed E-state index contributed by atoms with van der Waals surface area (Å²) in [6.07, 6.45) is -1.13. The number of aromatic amines is 1. The highest BCUT2D eigenvalue weighted by atomic mass is 32.2. The number of ketones is 4. The number of aliphatic carboxylic acids is 3. The van der Waals surface area contributed by atoms with Gasteiger partial charge in [0.2, 0.25) is 33.7 Å². The number of aryl methyl sites for hydroxylation is 1. The number of carbonyl (C=O) groups is 12. The standard InChI is InChI=1S/C67H82FN7O18S/c1-41-17-19-43(20-18-41)64(87)70-30-9-7-12-44(63(69)86)33-50(76)14-4-3-8-29-71-65(88)45(21-27-60(80)81)36-58(78)56(35-48-39-72-55-16-6-5-15-54(48)55)74-67(90)47(31-42-11-10-13-49(68)32-42)34-51(77)40-73-66(89)46(22-28-61(82)83)37-59(79)57(38-62(84)85)75-94(91,92)53-25-23-52(93-2)24-26-53/h5-6,10-11,13,15-20,23-26,32,39,44-47,56-57,72,75H,3-4,7-9,12,14,21-22,27-31,33-38,40H2,1-2H3,(H2,69,86)(H,70,87)(H,71,88)(H,73,89)(H,74,90)(H,80,81)(H,82,83)(H,84,85)/t44-,45-,46-,47-,56+,57-/m1/s1. The molecule has 0 saturated heterocycles. The summed E-state index contributed by atoms with van der Waals surface area (Å²) in [4.78, 5) is 160. The van der Waals surface area contributed by atoms with Gasteiger partial charge >= 0.3 is 17.9 Å². The Bertz CT molecular complexity index is 3600. The van der Waals surface area contributed by atoms with Crippen molar-refractivity contribution in [3.63, 3.8) is 0 Å². The van der Waals surface area contributed by atoms with Gasteiger partial charge in [0.1, 0.15) is 17.3 Å². The average Bonchev–Trinajstić information content (AvgIpc) is 1.40. The van der Waals surface area contributed by atoms with E-state index in [9.17, 15) is 85.7 Å². The maximum atomic E-state index is 14.7. The number of sulfonamides is 1. The summed E-state index contributed by atoms with van der Waals surface area (Å²) in [5.74, 6) is -15.6. The Morgan fingerprint density at radius 1 is 0.585 bits per heavy atom. The third kappa shape index (κ3) is 25.9. The average molecular weight is 1320 g/mol. The summed E-state index contributed by atoms with van der Waals surface area (Å²) < 4.78 is 48.3. The number of ether oxygens (including phenoxy) is 1. The van der Waals surface area contributed by atoms with Crippen LogP contribution in [0.1, 0.15) is 130 Å². The summed E-state index contributed by atoms with van der Waals surface area (Å²) in [5, 5.41) is 40.2. The summed E-state index contributed by atoms with van der Waals surface area (Å²) in [6, 6.07) is 20.9. The minimum atomic E-state index is -4.55. The van der Waals surface area contributed by atoms with Gasteiger partial charge in [-0.3, -0.25) is 57.5 Å². The first-order valence-electron chi connectivity index (χ1n) is 30.9. The Kier molecular flexibility index (Phi) is 30.3. The molecule has 0 aliphatic rings. The van der Waals surface area contributed by atoms with Crippen molar-refractivity contribution in [3.05, 3.63) is 131 Å². The van der Waals surface area contributed by atoms with E-state index in [1.54, 1.807) is 42.6 Å². The summed E-state index contributed by atoms with van der Waals surface area (Å²) in [6.45, 7) is 1.56. The van der Waals surface area contributed by atoms with Crippen molar-refractivity contribution in [1.82, 2.24) is 31.0 Å². The summed E-state index contributed by atoms with van der Waals surface area (Å²) in [7, 11) is -3.21. The van der Waals surface area contributed by atoms with Crippen LogP contribution >= 0.6 is 0 Å². The number of fused-ring (bicyclic) bond motifs is 1. The number of H-pyrrole nitrogens is 1. The molecule has 94 heavy (non-hydrogen) atoms. The zero-order chi connectivity index (χ0) is 68.9. The first-order chi connectivity index (χ1) is 44.7. The number of Topliss-reactive ketones (excluding diaryl/α,β-unsaturated/α-hetero) is 4. The number of carboxylic acid groups (broad SMARTS) is 3. The van der Waals surface area contributed by atoms with Crippen LogP contribution in [0.3, 0.4) is 0 Å². The third-order valence-electron chi connectivity index (χ3n) is 15.9. The first kappa shape index (κ1) is 75.2. The van der Waals surface area contributed by atoms with Crippen LogP contribution in [0.2, 0.25) is 0 Å². The number of methoxy groups -OCH3 is 1. The van der Waals surface area contributed by atoms with E-state index in [1.807, 2.05) is 23.8 Å². The molecule has 25 nitrogen and oxygen atoms in total. The summed E-state index contributed by atoms with van der Waals surface area (Å²) in [5.41, 5.74) is 8.67. The SMILES string of the molecule is COc1ccc(S(=O)(=O)N[C@H](CC(=O)O)C(=O)C[C@@H](CCC(=O)O)C(=O)NCC(=O)C[C@@H](Cc2cccc(F)c2)C(=O)N[C@@H](Cc2c[nH]c3ccccc23)C(=O)C[C@@H](CCC(=O)O)C(=O)NCCCCCC(=O)C[C@@H](CCCCNC(=O)c2ccc(C)cc2)C(N)=O)cc1. The quantitative estimate of drug-likeness (QED) is 0.0211. The highest BCUT2D eigenvalue weighted by molar-refractivity contribution is 7.89. The van der Waals surface area contributed by atoms with Gasteiger partial charge in [-0.1, -0.05) is 60.9 Å². The largest absolute Gasteiger partial charge is 0.497 e. The fourth-order valence-electron chi connectivity index (χ4n) is 10.6. The predicted octanol–water partition coefficient (Wildman–Crippen LogP) is 5.63. The van der Waals surface area contributed by atoms with Crippen LogP contribution in [0.15, 0.2) is 108 Å². The number of hydrogen-bond donors (Lipinski definition) is 10. The fourth-order valence-corrected chi connectivity index (χ4v) is 11.8. The Morgan fingerprint density at radius 3 is 1.83 bits per heavy atom. The number of primary amides is 1. The maximum Gasteiger partial charge on any atom is 0.305 e. The molecule has 5 aromatic rings. The minimum absolute atomic E-state index is 0.0481. The van der Waals surface area contributed by atoms with E-state index in [0.717, 1.165) is 29.8 Å². The van der Waals surface area contributed by atoms with E-state index in [4.69, 9.17) is 10.5 Å². The van der Waals surface area contributed by atoms with E-state index in [-0.39, 0.29) is 60.8 Å². The van der Waals surface area contributed by atoms with Gasteiger partial charge in [0.15, 0.2) is 17.3 Å². The highest BCUT2D eigenvalue weighted by Gasteiger charge is 2.35. The van der Waals surface area contributed by atoms with Crippen molar-refractivity contribution >= 4 is 91.5 Å². The van der Waals surface area contributed by atoms with Crippen molar-refractivity contribution < 1.29 is 90.4 Å². The van der Waals surface area contributed by atoms with Crippen LogP contribution in [-0.4, -0.2) is 138 Å². The maximum absolute atomic E-state index is 14.7. The molecule has 4 aromatic carbocycles. The van der Waals surface area contributed by atoms with Gasteiger partial charge in [-0.15, -0.1) is 0 Å². The van der Waals surface area contributed by atoms with Gasteiger partial charge in [-0.25, -0.2) is 17.5 Å². The lowest BCUT2D eigenvalue weighted by molar-refractivity contribution is -0.140. The third-order valence-corrected chi connectivity index (χ3v) is 17.3. The molecule has 1 aromatic heterocycles. The van der Waals surface area contributed by atoms with Crippen LogP contribution in [0.4, 0.5) is 4.39 Å². The number of rotatable bonds is 45. The van der Waals surface area contributed by atoms with Crippen LogP contribution in [0, 0.1) is 36.4 Å². The van der Waals surface area contributed by atoms with Gasteiger partial charge < -0.3 is 52.0 Å². The molecule has 1 heterocycles. The first-order valence-corrected chi connectivity index (χ1v) is 32.4. The van der Waals surface area contributed by atoms with Gasteiger partial charge in [-0.05, 0) is 118 Å². The Morgan fingerprint density at radius 2 is 1.20 bits per heavy atom.